The van der Waals surface area contributed by atoms with Gasteiger partial charge in [0.1, 0.15) is 17.2 Å². The lowest BCUT2D eigenvalue weighted by molar-refractivity contribution is -0.0333. The number of likely N-dealkylation sites (tertiary alicyclic amines) is 1. The summed E-state index contributed by atoms with van der Waals surface area (Å²) in [6.07, 6.45) is 4.87. The van der Waals surface area contributed by atoms with E-state index >= 15 is 0 Å². The number of nitrogens with zero attached hydrogens (tertiary/aromatic N) is 4. The maximum atomic E-state index is 14.6. The molecule has 0 aliphatic carbocycles. The number of imidazole rings is 1. The Bertz CT molecular complexity index is 1380. The molecule has 180 valence electrons. The second kappa shape index (κ2) is 8.94. The molecule has 0 radical (unpaired) electrons. The van der Waals surface area contributed by atoms with Crippen LogP contribution in [0.3, 0.4) is 0 Å². The third-order valence-corrected chi connectivity index (χ3v) is 6.90. The SMILES string of the molecule is COC1CN(Cc2ccc(-c3cnc(NCc4c(F)ccc5c4CCO5)n4cc(C)nc34)cc2)C1. The second-order valence-electron chi connectivity index (χ2n) is 9.27. The molecule has 4 aromatic rings. The Labute approximate surface area is 203 Å². The van der Waals surface area contributed by atoms with Crippen LogP contribution >= 0.6 is 0 Å². The van der Waals surface area contributed by atoms with Gasteiger partial charge in [0.25, 0.3) is 0 Å². The van der Waals surface area contributed by atoms with E-state index in [1.807, 2.05) is 23.7 Å². The number of aromatic nitrogens is 3. The van der Waals surface area contributed by atoms with Crippen molar-refractivity contribution in [3.63, 3.8) is 0 Å². The zero-order chi connectivity index (χ0) is 23.9. The molecule has 6 rings (SSSR count). The van der Waals surface area contributed by atoms with Gasteiger partial charge in [-0.2, -0.15) is 0 Å². The maximum Gasteiger partial charge on any atom is 0.208 e. The van der Waals surface area contributed by atoms with Crippen molar-refractivity contribution in [3.05, 3.63) is 77.0 Å². The summed E-state index contributed by atoms with van der Waals surface area (Å²) in [5.74, 6) is 1.17. The lowest BCUT2D eigenvalue weighted by Gasteiger charge is -2.38. The fourth-order valence-electron chi connectivity index (χ4n) is 4.95. The van der Waals surface area contributed by atoms with Crippen molar-refractivity contribution >= 4 is 11.6 Å². The molecule has 0 spiro atoms. The predicted octanol–water partition coefficient (Wildman–Crippen LogP) is 4.22. The Morgan fingerprint density at radius 2 is 2.00 bits per heavy atom. The zero-order valence-corrected chi connectivity index (χ0v) is 19.9. The molecule has 2 aliphatic heterocycles. The summed E-state index contributed by atoms with van der Waals surface area (Å²) in [4.78, 5) is 11.8. The van der Waals surface area contributed by atoms with Gasteiger partial charge in [-0.25, -0.2) is 14.4 Å². The van der Waals surface area contributed by atoms with E-state index in [1.54, 1.807) is 13.2 Å². The van der Waals surface area contributed by atoms with Gasteiger partial charge in [-0.3, -0.25) is 9.30 Å². The number of rotatable bonds is 7. The lowest BCUT2D eigenvalue weighted by Crippen LogP contribution is -2.50. The molecule has 0 unspecified atom stereocenters. The fourth-order valence-corrected chi connectivity index (χ4v) is 4.95. The van der Waals surface area contributed by atoms with Crippen molar-refractivity contribution in [1.29, 1.82) is 0 Å². The van der Waals surface area contributed by atoms with Crippen molar-refractivity contribution in [2.45, 2.75) is 32.5 Å². The molecule has 35 heavy (non-hydrogen) atoms. The molecule has 1 fully saturated rings. The molecule has 0 saturated carbocycles. The number of methoxy groups -OCH3 is 1. The van der Waals surface area contributed by atoms with Crippen LogP contribution in [0.5, 0.6) is 5.75 Å². The summed E-state index contributed by atoms with van der Waals surface area (Å²) in [6, 6.07) is 11.7. The lowest BCUT2D eigenvalue weighted by atomic mass is 10.0. The number of aryl methyl sites for hydroxylation is 1. The summed E-state index contributed by atoms with van der Waals surface area (Å²) in [6.45, 7) is 5.76. The largest absolute Gasteiger partial charge is 0.493 e. The molecule has 2 aromatic heterocycles. The van der Waals surface area contributed by atoms with Crippen LogP contribution in [0.25, 0.3) is 16.8 Å². The van der Waals surface area contributed by atoms with Gasteiger partial charge in [0, 0.05) is 68.8 Å². The highest BCUT2D eigenvalue weighted by molar-refractivity contribution is 5.78. The molecule has 0 amide bonds. The molecule has 1 saturated heterocycles. The van der Waals surface area contributed by atoms with Crippen LogP contribution < -0.4 is 10.1 Å². The molecule has 1 N–H and O–H groups in total. The average molecular weight is 474 g/mol. The van der Waals surface area contributed by atoms with Crippen LogP contribution in [0.15, 0.2) is 48.8 Å². The van der Waals surface area contributed by atoms with Gasteiger partial charge >= 0.3 is 0 Å². The minimum absolute atomic E-state index is 0.229. The molecule has 2 aliphatic rings. The van der Waals surface area contributed by atoms with E-state index in [1.165, 1.54) is 11.6 Å². The highest BCUT2D eigenvalue weighted by Crippen LogP contribution is 2.31. The molecule has 8 heteroatoms. The number of hydrogen-bond acceptors (Lipinski definition) is 6. The van der Waals surface area contributed by atoms with E-state index in [4.69, 9.17) is 14.5 Å². The van der Waals surface area contributed by atoms with Crippen LogP contribution in [0.4, 0.5) is 10.3 Å². The quantitative estimate of drug-likeness (QED) is 0.434. The Morgan fingerprint density at radius 1 is 1.17 bits per heavy atom. The van der Waals surface area contributed by atoms with E-state index in [2.05, 4.69) is 39.5 Å². The van der Waals surface area contributed by atoms with Gasteiger partial charge in [-0.05, 0) is 30.2 Å². The Kier molecular flexibility index (Phi) is 5.62. The monoisotopic (exact) mass is 473 g/mol. The van der Waals surface area contributed by atoms with Crippen molar-refractivity contribution < 1.29 is 13.9 Å². The second-order valence-corrected chi connectivity index (χ2v) is 9.27. The Balaban J connectivity index is 1.24. The van der Waals surface area contributed by atoms with E-state index in [0.29, 0.717) is 30.8 Å². The summed E-state index contributed by atoms with van der Waals surface area (Å²) < 4.78 is 27.5. The summed E-state index contributed by atoms with van der Waals surface area (Å²) in [7, 11) is 1.77. The van der Waals surface area contributed by atoms with Crippen molar-refractivity contribution in [3.8, 4) is 16.9 Å². The summed E-state index contributed by atoms with van der Waals surface area (Å²) in [5.41, 5.74) is 6.56. The van der Waals surface area contributed by atoms with Crippen LogP contribution in [-0.4, -0.2) is 52.2 Å². The van der Waals surface area contributed by atoms with Crippen molar-refractivity contribution in [2.75, 3.05) is 32.1 Å². The number of halogens is 1. The van der Waals surface area contributed by atoms with E-state index < -0.39 is 0 Å². The highest BCUT2D eigenvalue weighted by atomic mass is 19.1. The van der Waals surface area contributed by atoms with Gasteiger partial charge in [-0.1, -0.05) is 24.3 Å². The first-order chi connectivity index (χ1) is 17.1. The van der Waals surface area contributed by atoms with Gasteiger partial charge < -0.3 is 14.8 Å². The standard InChI is InChI=1S/C27H28FN5O2/c1-17-13-33-26(31-17)22(19-5-3-18(4-6-19)14-32-15-20(16-32)34-2)11-29-27(33)30-12-23-21-9-10-35-25(21)8-7-24(23)28/h3-8,11,13,20H,9-10,12,14-16H2,1-2H3,(H,29,30). The zero-order valence-electron chi connectivity index (χ0n) is 19.9. The summed E-state index contributed by atoms with van der Waals surface area (Å²) in [5, 5.41) is 3.32. The van der Waals surface area contributed by atoms with Gasteiger partial charge in [-0.15, -0.1) is 0 Å². The van der Waals surface area contributed by atoms with Gasteiger partial charge in [0.05, 0.1) is 18.4 Å². The first-order valence-corrected chi connectivity index (χ1v) is 11.9. The first kappa shape index (κ1) is 22.0. The Hall–Kier alpha value is -3.49. The third-order valence-electron chi connectivity index (χ3n) is 6.90. The van der Waals surface area contributed by atoms with Crippen LogP contribution in [0, 0.1) is 12.7 Å². The number of hydrogen-bond donors (Lipinski definition) is 1. The number of anilines is 1. The molecule has 4 heterocycles. The number of ether oxygens (including phenoxy) is 2. The smallest absolute Gasteiger partial charge is 0.208 e. The van der Waals surface area contributed by atoms with Crippen molar-refractivity contribution in [1.82, 2.24) is 19.3 Å². The fraction of sp³-hybridized carbons (Fsp3) is 0.333. The predicted molar refractivity (Wildman–Crippen MR) is 132 cm³/mol. The molecular formula is C27H28FN5O2. The average Bonchev–Trinajstić information content (AvgIpc) is 3.47. The minimum atomic E-state index is -0.229. The normalized spacial score (nSPS) is 15.7. The Morgan fingerprint density at radius 3 is 2.80 bits per heavy atom. The van der Waals surface area contributed by atoms with Crippen LogP contribution in [0.1, 0.15) is 22.4 Å². The number of benzene rings is 2. The van der Waals surface area contributed by atoms with Crippen LogP contribution in [-0.2, 0) is 24.2 Å². The topological polar surface area (TPSA) is 63.9 Å². The minimum Gasteiger partial charge on any atom is -0.493 e. The number of fused-ring (bicyclic) bond motifs is 2. The van der Waals surface area contributed by atoms with Crippen LogP contribution in [0.2, 0.25) is 0 Å². The highest BCUT2D eigenvalue weighted by Gasteiger charge is 2.26. The van der Waals surface area contributed by atoms with Crippen molar-refractivity contribution in [2.24, 2.45) is 0 Å². The molecule has 0 bridgehead atoms. The molecule has 0 atom stereocenters. The third kappa shape index (κ3) is 4.13. The first-order valence-electron chi connectivity index (χ1n) is 11.9. The summed E-state index contributed by atoms with van der Waals surface area (Å²) >= 11 is 0. The van der Waals surface area contributed by atoms with E-state index in [0.717, 1.165) is 59.8 Å². The molecular weight excluding hydrogens is 445 g/mol. The molecule has 7 nitrogen and oxygen atoms in total. The van der Waals surface area contributed by atoms with Gasteiger partial charge in [0.15, 0.2) is 0 Å². The molecule has 2 aromatic carbocycles. The maximum absolute atomic E-state index is 14.6. The van der Waals surface area contributed by atoms with E-state index in [9.17, 15) is 4.39 Å². The van der Waals surface area contributed by atoms with Gasteiger partial charge in [0.2, 0.25) is 5.95 Å². The number of nitrogens with one attached hydrogen (secondary N) is 1. The van der Waals surface area contributed by atoms with E-state index in [-0.39, 0.29) is 5.82 Å².